The first-order valence-corrected chi connectivity index (χ1v) is 7.34. The van der Waals surface area contributed by atoms with Crippen molar-refractivity contribution < 1.29 is 4.79 Å². The third-order valence-corrected chi connectivity index (χ3v) is 4.93. The molecule has 17 heavy (non-hydrogen) atoms. The van der Waals surface area contributed by atoms with E-state index in [1.165, 1.54) is 12.8 Å². The van der Waals surface area contributed by atoms with Crippen molar-refractivity contribution in [3.05, 3.63) is 0 Å². The van der Waals surface area contributed by atoms with E-state index < -0.39 is 0 Å². The molecule has 1 aliphatic rings. The number of nitriles is 1. The summed E-state index contributed by atoms with van der Waals surface area (Å²) in [5.41, 5.74) is 0. The van der Waals surface area contributed by atoms with Gasteiger partial charge in [0, 0.05) is 19.3 Å². The van der Waals surface area contributed by atoms with Gasteiger partial charge in [0.1, 0.15) is 0 Å². The molecule has 1 rings (SSSR count). The maximum Gasteiger partial charge on any atom is 0.232 e. The molecule has 1 fully saturated rings. The van der Waals surface area contributed by atoms with Gasteiger partial charge < -0.3 is 4.90 Å². The van der Waals surface area contributed by atoms with Gasteiger partial charge in [0.05, 0.1) is 17.7 Å². The lowest BCUT2D eigenvalue weighted by Gasteiger charge is -2.31. The van der Waals surface area contributed by atoms with E-state index in [0.717, 1.165) is 18.8 Å². The summed E-state index contributed by atoms with van der Waals surface area (Å²) in [6.07, 6.45) is 4.47. The summed E-state index contributed by atoms with van der Waals surface area (Å²) in [4.78, 5) is 13.2. The van der Waals surface area contributed by atoms with Crippen molar-refractivity contribution >= 4 is 17.7 Å². The van der Waals surface area contributed by atoms with E-state index in [9.17, 15) is 4.79 Å². The molecule has 0 saturated heterocycles. The van der Waals surface area contributed by atoms with Crippen LogP contribution in [0.4, 0.5) is 0 Å². The maximum atomic E-state index is 11.6. The summed E-state index contributed by atoms with van der Waals surface area (Å²) in [6, 6.07) is 2.41. The summed E-state index contributed by atoms with van der Waals surface area (Å²) < 4.78 is 0. The lowest BCUT2D eigenvalue weighted by Crippen LogP contribution is -2.29. The molecule has 1 saturated carbocycles. The first kappa shape index (κ1) is 14.4. The van der Waals surface area contributed by atoms with Gasteiger partial charge >= 0.3 is 0 Å². The minimum Gasteiger partial charge on any atom is -0.348 e. The Morgan fingerprint density at radius 3 is 2.71 bits per heavy atom. The van der Waals surface area contributed by atoms with Crippen molar-refractivity contribution in [1.29, 1.82) is 5.26 Å². The van der Waals surface area contributed by atoms with E-state index in [0.29, 0.717) is 11.0 Å². The van der Waals surface area contributed by atoms with Crippen LogP contribution in [0.25, 0.3) is 0 Å². The number of rotatable bonds is 4. The number of nitrogens with zero attached hydrogens (tertiary/aromatic N) is 2. The number of thioether (sulfide) groups is 1. The second-order valence-electron chi connectivity index (χ2n) is 4.96. The average molecular weight is 254 g/mol. The topological polar surface area (TPSA) is 44.1 Å². The minimum absolute atomic E-state index is 0.137. The van der Waals surface area contributed by atoms with Crippen molar-refractivity contribution in [2.75, 3.05) is 19.8 Å². The van der Waals surface area contributed by atoms with Crippen LogP contribution in [0.1, 0.15) is 32.6 Å². The Kier molecular flexibility index (Phi) is 5.84. The summed E-state index contributed by atoms with van der Waals surface area (Å²) in [5.74, 6) is 1.53. The Balaban J connectivity index is 2.47. The molecule has 0 radical (unpaired) electrons. The number of hydrogen-bond donors (Lipinski definition) is 0. The monoisotopic (exact) mass is 254 g/mol. The van der Waals surface area contributed by atoms with Crippen LogP contribution >= 0.6 is 11.8 Å². The highest BCUT2D eigenvalue weighted by Gasteiger charge is 2.30. The molecule has 0 aliphatic heterocycles. The predicted molar refractivity (Wildman–Crippen MR) is 71.7 cm³/mol. The largest absolute Gasteiger partial charge is 0.348 e. The highest BCUT2D eigenvalue weighted by atomic mass is 32.2. The van der Waals surface area contributed by atoms with Gasteiger partial charge in [-0.25, -0.2) is 0 Å². The molecule has 3 atom stereocenters. The Morgan fingerprint density at radius 2 is 2.18 bits per heavy atom. The number of hydrogen-bond acceptors (Lipinski definition) is 3. The Morgan fingerprint density at radius 1 is 1.47 bits per heavy atom. The van der Waals surface area contributed by atoms with E-state index in [1.807, 2.05) is 0 Å². The van der Waals surface area contributed by atoms with E-state index in [1.54, 1.807) is 30.8 Å². The quantitative estimate of drug-likeness (QED) is 0.774. The second kappa shape index (κ2) is 6.90. The third kappa shape index (κ3) is 4.23. The zero-order valence-electron chi connectivity index (χ0n) is 11.0. The van der Waals surface area contributed by atoms with Gasteiger partial charge in [-0.3, -0.25) is 4.79 Å². The summed E-state index contributed by atoms with van der Waals surface area (Å²) in [5, 5.41) is 9.49. The molecule has 0 aromatic carbocycles. The Labute approximate surface area is 109 Å². The maximum absolute atomic E-state index is 11.6. The van der Waals surface area contributed by atoms with Gasteiger partial charge in [-0.1, -0.05) is 13.3 Å². The Hall–Kier alpha value is -0.690. The molecule has 0 aromatic rings. The third-order valence-electron chi connectivity index (χ3n) is 3.56. The molecule has 1 amide bonds. The molecule has 0 aromatic heterocycles. The van der Waals surface area contributed by atoms with Gasteiger partial charge in [0.2, 0.25) is 5.91 Å². The fourth-order valence-electron chi connectivity index (χ4n) is 2.22. The smallest absolute Gasteiger partial charge is 0.232 e. The van der Waals surface area contributed by atoms with Gasteiger partial charge in [-0.05, 0) is 25.2 Å². The normalized spacial score (nSPS) is 28.5. The SMILES string of the molecule is CCC1CCC(C#N)C(SCC(=O)N(C)C)C1. The first-order chi connectivity index (χ1) is 8.08. The number of amides is 1. The van der Waals surface area contributed by atoms with E-state index in [-0.39, 0.29) is 11.8 Å². The van der Waals surface area contributed by atoms with Gasteiger partial charge in [-0.15, -0.1) is 11.8 Å². The average Bonchev–Trinajstić information content (AvgIpc) is 2.35. The van der Waals surface area contributed by atoms with Crippen LogP contribution in [0.15, 0.2) is 0 Å². The molecule has 3 unspecified atom stereocenters. The lowest BCUT2D eigenvalue weighted by molar-refractivity contribution is -0.125. The van der Waals surface area contributed by atoms with Crippen molar-refractivity contribution in [1.82, 2.24) is 4.90 Å². The second-order valence-corrected chi connectivity index (χ2v) is 6.19. The fraction of sp³-hybridized carbons (Fsp3) is 0.846. The molecule has 0 N–H and O–H groups in total. The van der Waals surface area contributed by atoms with Crippen LogP contribution < -0.4 is 0 Å². The molecular formula is C13H22N2OS. The van der Waals surface area contributed by atoms with E-state index in [2.05, 4.69) is 13.0 Å². The molecular weight excluding hydrogens is 232 g/mol. The van der Waals surface area contributed by atoms with Gasteiger partial charge in [0.15, 0.2) is 0 Å². The fourth-order valence-corrected chi connectivity index (χ4v) is 3.67. The minimum atomic E-state index is 0.137. The molecule has 96 valence electrons. The number of carbonyl (C=O) groups excluding carboxylic acids is 1. The molecule has 4 heteroatoms. The zero-order chi connectivity index (χ0) is 12.8. The van der Waals surface area contributed by atoms with E-state index >= 15 is 0 Å². The van der Waals surface area contributed by atoms with Crippen LogP contribution in [0.5, 0.6) is 0 Å². The van der Waals surface area contributed by atoms with Crippen molar-refractivity contribution in [2.24, 2.45) is 11.8 Å². The standard InChI is InChI=1S/C13H22N2OS/c1-4-10-5-6-11(8-14)12(7-10)17-9-13(16)15(2)3/h10-12H,4-7,9H2,1-3H3. The van der Waals surface area contributed by atoms with Crippen molar-refractivity contribution in [3.63, 3.8) is 0 Å². The predicted octanol–water partition coefficient (Wildman–Crippen LogP) is 2.53. The van der Waals surface area contributed by atoms with Crippen LogP contribution in [-0.2, 0) is 4.79 Å². The van der Waals surface area contributed by atoms with Crippen LogP contribution in [0, 0.1) is 23.2 Å². The molecule has 1 aliphatic carbocycles. The molecule has 0 bridgehead atoms. The van der Waals surface area contributed by atoms with Gasteiger partial charge in [0.25, 0.3) is 0 Å². The molecule has 3 nitrogen and oxygen atoms in total. The Bertz CT molecular complexity index is 298. The summed E-state index contributed by atoms with van der Waals surface area (Å²) in [6.45, 7) is 2.21. The first-order valence-electron chi connectivity index (χ1n) is 6.29. The van der Waals surface area contributed by atoms with Gasteiger partial charge in [-0.2, -0.15) is 5.26 Å². The zero-order valence-corrected chi connectivity index (χ0v) is 11.8. The summed E-state index contributed by atoms with van der Waals surface area (Å²) >= 11 is 1.67. The highest BCUT2D eigenvalue weighted by molar-refractivity contribution is 8.00. The molecule has 0 heterocycles. The van der Waals surface area contributed by atoms with E-state index in [4.69, 9.17) is 5.26 Å². The van der Waals surface area contributed by atoms with Crippen LogP contribution in [-0.4, -0.2) is 35.9 Å². The summed E-state index contributed by atoms with van der Waals surface area (Å²) in [7, 11) is 3.56. The number of carbonyl (C=O) groups is 1. The van der Waals surface area contributed by atoms with Crippen molar-refractivity contribution in [2.45, 2.75) is 37.9 Å². The highest BCUT2D eigenvalue weighted by Crippen LogP contribution is 2.37. The van der Waals surface area contributed by atoms with Crippen LogP contribution in [0.3, 0.4) is 0 Å². The van der Waals surface area contributed by atoms with Crippen molar-refractivity contribution in [3.8, 4) is 6.07 Å². The lowest BCUT2D eigenvalue weighted by atomic mass is 9.81. The van der Waals surface area contributed by atoms with Crippen LogP contribution in [0.2, 0.25) is 0 Å². The molecule has 0 spiro atoms.